The summed E-state index contributed by atoms with van der Waals surface area (Å²) in [5.74, 6) is 2.36. The summed E-state index contributed by atoms with van der Waals surface area (Å²) in [5.41, 5.74) is 0.798. The highest BCUT2D eigenvalue weighted by molar-refractivity contribution is 5.99. The van der Waals surface area contributed by atoms with Gasteiger partial charge in [0.1, 0.15) is 5.69 Å². The number of furan rings is 1. The lowest BCUT2D eigenvalue weighted by Gasteiger charge is -2.28. The standard InChI is InChI=1S/C20H23N3O/c1-14(15-8-3-2-4-9-15)21-20-17-11-6-5-10-16(17)19(22-23-20)18-12-7-13-24-18/h5-7,10-15H,2-4,8-9H2,1H3,(H,21,23)/t14-/m1/s1. The molecule has 0 amide bonds. The van der Waals surface area contributed by atoms with Crippen molar-refractivity contribution in [1.82, 2.24) is 10.2 Å². The molecule has 0 bridgehead atoms. The van der Waals surface area contributed by atoms with Gasteiger partial charge in [-0.15, -0.1) is 10.2 Å². The third-order valence-electron chi connectivity index (χ3n) is 5.16. The van der Waals surface area contributed by atoms with Crippen molar-refractivity contribution in [2.24, 2.45) is 5.92 Å². The molecule has 1 aromatic carbocycles. The van der Waals surface area contributed by atoms with Crippen molar-refractivity contribution < 1.29 is 4.42 Å². The highest BCUT2D eigenvalue weighted by Crippen LogP contribution is 2.32. The molecule has 0 aliphatic heterocycles. The molecule has 4 nitrogen and oxygen atoms in total. The van der Waals surface area contributed by atoms with Crippen LogP contribution in [0.3, 0.4) is 0 Å². The Balaban J connectivity index is 1.68. The van der Waals surface area contributed by atoms with Gasteiger partial charge in [-0.3, -0.25) is 0 Å². The van der Waals surface area contributed by atoms with Crippen molar-refractivity contribution in [3.8, 4) is 11.5 Å². The summed E-state index contributed by atoms with van der Waals surface area (Å²) in [5, 5.41) is 14.7. The molecule has 0 spiro atoms. The Bertz CT molecular complexity index is 807. The van der Waals surface area contributed by atoms with Crippen LogP contribution in [0.25, 0.3) is 22.2 Å². The van der Waals surface area contributed by atoms with Gasteiger partial charge in [0.15, 0.2) is 11.6 Å². The predicted molar refractivity (Wildman–Crippen MR) is 96.9 cm³/mol. The zero-order valence-electron chi connectivity index (χ0n) is 14.0. The minimum atomic E-state index is 0.414. The monoisotopic (exact) mass is 321 g/mol. The summed E-state index contributed by atoms with van der Waals surface area (Å²) in [6.07, 6.45) is 8.36. The van der Waals surface area contributed by atoms with Gasteiger partial charge >= 0.3 is 0 Å². The Hall–Kier alpha value is -2.36. The van der Waals surface area contributed by atoms with Gasteiger partial charge in [-0.25, -0.2) is 0 Å². The van der Waals surface area contributed by atoms with Gasteiger partial charge in [0.25, 0.3) is 0 Å². The lowest BCUT2D eigenvalue weighted by atomic mass is 9.84. The third-order valence-corrected chi connectivity index (χ3v) is 5.16. The lowest BCUT2D eigenvalue weighted by molar-refractivity contribution is 0.328. The molecular weight excluding hydrogens is 298 g/mol. The Morgan fingerprint density at radius 3 is 2.54 bits per heavy atom. The molecule has 124 valence electrons. The summed E-state index contributed by atoms with van der Waals surface area (Å²) in [6.45, 7) is 2.27. The van der Waals surface area contributed by atoms with Gasteiger partial charge in [-0.1, -0.05) is 43.5 Å². The zero-order valence-corrected chi connectivity index (χ0v) is 14.0. The Kier molecular flexibility index (Phi) is 4.20. The second-order valence-corrected chi connectivity index (χ2v) is 6.75. The van der Waals surface area contributed by atoms with E-state index in [1.165, 1.54) is 32.1 Å². The molecule has 0 unspecified atom stereocenters. The molecule has 1 N–H and O–H groups in total. The molecule has 2 heterocycles. The molecule has 1 aliphatic carbocycles. The van der Waals surface area contributed by atoms with Crippen LogP contribution in [0.1, 0.15) is 39.0 Å². The van der Waals surface area contributed by atoms with Crippen LogP contribution in [0.2, 0.25) is 0 Å². The number of hydrogen-bond donors (Lipinski definition) is 1. The highest BCUT2D eigenvalue weighted by Gasteiger charge is 2.21. The lowest BCUT2D eigenvalue weighted by Crippen LogP contribution is -2.28. The molecule has 0 saturated heterocycles. The van der Waals surface area contributed by atoms with E-state index in [2.05, 4.69) is 34.6 Å². The van der Waals surface area contributed by atoms with Crippen molar-refractivity contribution in [2.45, 2.75) is 45.1 Å². The first-order chi connectivity index (χ1) is 11.8. The average Bonchev–Trinajstić information content (AvgIpc) is 3.17. The zero-order chi connectivity index (χ0) is 16.4. The van der Waals surface area contributed by atoms with E-state index < -0.39 is 0 Å². The number of hydrogen-bond acceptors (Lipinski definition) is 4. The Morgan fingerprint density at radius 1 is 1.00 bits per heavy atom. The quantitative estimate of drug-likeness (QED) is 0.711. The van der Waals surface area contributed by atoms with Gasteiger partial charge in [-0.05, 0) is 37.8 Å². The summed E-state index contributed by atoms with van der Waals surface area (Å²) < 4.78 is 5.52. The van der Waals surface area contributed by atoms with Gasteiger partial charge in [0.2, 0.25) is 0 Å². The largest absolute Gasteiger partial charge is 0.463 e. The summed E-state index contributed by atoms with van der Waals surface area (Å²) in [6, 6.07) is 12.5. The molecule has 1 saturated carbocycles. The molecule has 1 fully saturated rings. The fourth-order valence-electron chi connectivity index (χ4n) is 3.77. The van der Waals surface area contributed by atoms with E-state index in [1.807, 2.05) is 24.3 Å². The maximum atomic E-state index is 5.52. The van der Waals surface area contributed by atoms with E-state index in [0.717, 1.165) is 34.0 Å². The predicted octanol–water partition coefficient (Wildman–Crippen LogP) is 5.27. The van der Waals surface area contributed by atoms with Crippen LogP contribution in [0.15, 0.2) is 47.1 Å². The molecular formula is C20H23N3O. The van der Waals surface area contributed by atoms with Gasteiger partial charge in [0, 0.05) is 16.8 Å². The second kappa shape index (κ2) is 6.63. The normalized spacial score (nSPS) is 17.0. The van der Waals surface area contributed by atoms with E-state index >= 15 is 0 Å². The van der Waals surface area contributed by atoms with E-state index in [-0.39, 0.29) is 0 Å². The van der Waals surface area contributed by atoms with Crippen molar-refractivity contribution in [2.75, 3.05) is 5.32 Å². The molecule has 24 heavy (non-hydrogen) atoms. The molecule has 1 aliphatic rings. The van der Waals surface area contributed by atoms with E-state index in [0.29, 0.717) is 6.04 Å². The van der Waals surface area contributed by atoms with E-state index in [1.54, 1.807) is 6.26 Å². The fourth-order valence-corrected chi connectivity index (χ4v) is 3.77. The van der Waals surface area contributed by atoms with Gasteiger partial charge < -0.3 is 9.73 Å². The fraction of sp³-hybridized carbons (Fsp3) is 0.400. The van der Waals surface area contributed by atoms with Crippen molar-refractivity contribution in [1.29, 1.82) is 0 Å². The van der Waals surface area contributed by atoms with Crippen LogP contribution in [0, 0.1) is 5.92 Å². The minimum Gasteiger partial charge on any atom is -0.463 e. The summed E-state index contributed by atoms with van der Waals surface area (Å²) >= 11 is 0. The number of benzene rings is 1. The molecule has 1 atom stereocenters. The third kappa shape index (κ3) is 2.88. The number of rotatable bonds is 4. The number of anilines is 1. The van der Waals surface area contributed by atoms with Crippen LogP contribution in [0.5, 0.6) is 0 Å². The molecule has 4 heteroatoms. The molecule has 3 aromatic rings. The van der Waals surface area contributed by atoms with Crippen LogP contribution in [-0.4, -0.2) is 16.2 Å². The number of nitrogens with one attached hydrogen (secondary N) is 1. The first-order valence-corrected chi connectivity index (χ1v) is 8.89. The van der Waals surface area contributed by atoms with Crippen LogP contribution in [0.4, 0.5) is 5.82 Å². The summed E-state index contributed by atoms with van der Waals surface area (Å²) in [4.78, 5) is 0. The number of nitrogens with zero attached hydrogens (tertiary/aromatic N) is 2. The topological polar surface area (TPSA) is 51.0 Å². The average molecular weight is 321 g/mol. The number of aromatic nitrogens is 2. The van der Waals surface area contributed by atoms with Crippen molar-refractivity contribution >= 4 is 16.6 Å². The molecule has 4 rings (SSSR count). The molecule has 2 aromatic heterocycles. The van der Waals surface area contributed by atoms with Gasteiger partial charge in [-0.2, -0.15) is 0 Å². The maximum Gasteiger partial charge on any atom is 0.156 e. The summed E-state index contributed by atoms with van der Waals surface area (Å²) in [7, 11) is 0. The Morgan fingerprint density at radius 2 is 1.79 bits per heavy atom. The van der Waals surface area contributed by atoms with E-state index in [4.69, 9.17) is 4.42 Å². The highest BCUT2D eigenvalue weighted by atomic mass is 16.3. The molecule has 0 radical (unpaired) electrons. The SMILES string of the molecule is C[C@@H](Nc1nnc(-c2ccco2)c2ccccc12)C1CCCCC1. The Labute approximate surface area is 142 Å². The van der Waals surface area contributed by atoms with Crippen LogP contribution in [-0.2, 0) is 0 Å². The first kappa shape index (κ1) is 15.2. The van der Waals surface area contributed by atoms with Gasteiger partial charge in [0.05, 0.1) is 6.26 Å². The van der Waals surface area contributed by atoms with Crippen LogP contribution >= 0.6 is 0 Å². The smallest absolute Gasteiger partial charge is 0.156 e. The number of fused-ring (bicyclic) bond motifs is 1. The van der Waals surface area contributed by atoms with Crippen LogP contribution < -0.4 is 5.32 Å². The first-order valence-electron chi connectivity index (χ1n) is 8.89. The minimum absolute atomic E-state index is 0.414. The van der Waals surface area contributed by atoms with E-state index in [9.17, 15) is 0 Å². The van der Waals surface area contributed by atoms with Crippen molar-refractivity contribution in [3.63, 3.8) is 0 Å². The van der Waals surface area contributed by atoms with Crippen molar-refractivity contribution in [3.05, 3.63) is 42.7 Å². The maximum absolute atomic E-state index is 5.52. The second-order valence-electron chi connectivity index (χ2n) is 6.75.